The van der Waals surface area contributed by atoms with E-state index in [2.05, 4.69) is 19.2 Å². The minimum Gasteiger partial charge on any atom is -0.314 e. The molecule has 2 nitrogen and oxygen atoms in total. The molecule has 4 heteroatoms. The summed E-state index contributed by atoms with van der Waals surface area (Å²) < 4.78 is 24.4. The van der Waals surface area contributed by atoms with E-state index in [1.807, 2.05) is 4.90 Å². The van der Waals surface area contributed by atoms with Crippen molar-refractivity contribution >= 4 is 0 Å². The summed E-state index contributed by atoms with van der Waals surface area (Å²) in [4.78, 5) is 1.88. The lowest BCUT2D eigenvalue weighted by Crippen LogP contribution is -2.43. The fourth-order valence-corrected chi connectivity index (χ4v) is 1.84. The number of hydrogen-bond donors (Lipinski definition) is 1. The van der Waals surface area contributed by atoms with Gasteiger partial charge in [-0.3, -0.25) is 4.90 Å². The van der Waals surface area contributed by atoms with Crippen molar-refractivity contribution in [3.8, 4) is 0 Å². The molecule has 1 rings (SSSR count). The minimum absolute atomic E-state index is 0.0724. The largest absolute Gasteiger partial charge is 0.314 e. The van der Waals surface area contributed by atoms with Crippen LogP contribution in [0.2, 0.25) is 0 Å². The maximum atomic E-state index is 12.2. The second-order valence-electron chi connectivity index (χ2n) is 4.35. The van der Waals surface area contributed by atoms with Gasteiger partial charge in [-0.05, 0) is 32.4 Å². The van der Waals surface area contributed by atoms with Crippen molar-refractivity contribution in [1.29, 1.82) is 0 Å². The first-order chi connectivity index (χ1) is 6.58. The first kappa shape index (κ1) is 11.9. The summed E-state index contributed by atoms with van der Waals surface area (Å²) >= 11 is 0. The quantitative estimate of drug-likeness (QED) is 0.738. The van der Waals surface area contributed by atoms with Gasteiger partial charge >= 0.3 is 0 Å². The zero-order chi connectivity index (χ0) is 10.6. The van der Waals surface area contributed by atoms with Gasteiger partial charge in [-0.15, -0.1) is 0 Å². The normalized spacial score (nSPS) is 31.5. The predicted octanol–water partition coefficient (Wildman–Crippen LogP) is 1.57. The number of nitrogens with one attached hydrogen (secondary N) is 1. The smallest absolute Gasteiger partial charge is 0.251 e. The van der Waals surface area contributed by atoms with Gasteiger partial charge in [-0.1, -0.05) is 6.92 Å². The van der Waals surface area contributed by atoms with Crippen LogP contribution in [0.1, 0.15) is 20.3 Å². The Kier molecular flexibility index (Phi) is 4.75. The van der Waals surface area contributed by atoms with Gasteiger partial charge in [-0.2, -0.15) is 0 Å². The van der Waals surface area contributed by atoms with E-state index in [0.29, 0.717) is 12.0 Å². The van der Waals surface area contributed by atoms with Gasteiger partial charge in [-0.25, -0.2) is 8.78 Å². The zero-order valence-electron chi connectivity index (χ0n) is 8.97. The highest BCUT2D eigenvalue weighted by Crippen LogP contribution is 2.08. The van der Waals surface area contributed by atoms with Crippen LogP contribution in [0.15, 0.2) is 0 Å². The summed E-state index contributed by atoms with van der Waals surface area (Å²) in [5, 5.41) is 3.39. The van der Waals surface area contributed by atoms with Gasteiger partial charge in [0, 0.05) is 12.6 Å². The second kappa shape index (κ2) is 5.61. The first-order valence-corrected chi connectivity index (χ1v) is 5.32. The fourth-order valence-electron chi connectivity index (χ4n) is 1.84. The van der Waals surface area contributed by atoms with E-state index in [4.69, 9.17) is 0 Å². The second-order valence-corrected chi connectivity index (χ2v) is 4.35. The molecule has 2 unspecified atom stereocenters. The first-order valence-electron chi connectivity index (χ1n) is 5.32. The van der Waals surface area contributed by atoms with Crippen molar-refractivity contribution in [2.45, 2.75) is 32.7 Å². The van der Waals surface area contributed by atoms with Crippen LogP contribution in [0.4, 0.5) is 8.78 Å². The molecule has 1 aliphatic rings. The molecule has 1 saturated heterocycles. The summed E-state index contributed by atoms with van der Waals surface area (Å²) in [5.74, 6) is 0.455. The van der Waals surface area contributed by atoms with E-state index in [1.54, 1.807) is 0 Å². The lowest BCUT2D eigenvalue weighted by atomic mass is 10.1. The zero-order valence-corrected chi connectivity index (χ0v) is 8.97. The third-order valence-corrected chi connectivity index (χ3v) is 2.66. The molecule has 1 aliphatic heterocycles. The van der Waals surface area contributed by atoms with Crippen LogP contribution in [0, 0.1) is 5.92 Å². The fraction of sp³-hybridized carbons (Fsp3) is 1.00. The van der Waals surface area contributed by atoms with Crippen molar-refractivity contribution in [3.63, 3.8) is 0 Å². The maximum absolute atomic E-state index is 12.2. The summed E-state index contributed by atoms with van der Waals surface area (Å²) in [6.07, 6.45) is -1.25. The Bertz CT molecular complexity index is 164. The standard InChI is InChI=1S/C10H20F2N2/c1-8-5-13-9(2)3-4-14(6-8)7-10(11)12/h8-10,13H,3-7H2,1-2H3. The number of halogens is 2. The van der Waals surface area contributed by atoms with Crippen molar-refractivity contribution in [2.24, 2.45) is 5.92 Å². The highest BCUT2D eigenvalue weighted by Gasteiger charge is 2.18. The van der Waals surface area contributed by atoms with E-state index in [0.717, 1.165) is 26.1 Å². The Labute approximate surface area is 84.7 Å². The molecule has 1 fully saturated rings. The van der Waals surface area contributed by atoms with Gasteiger partial charge in [0.15, 0.2) is 0 Å². The van der Waals surface area contributed by atoms with Crippen LogP contribution >= 0.6 is 0 Å². The number of hydrogen-bond acceptors (Lipinski definition) is 2. The van der Waals surface area contributed by atoms with Gasteiger partial charge in [0.1, 0.15) is 0 Å². The van der Waals surface area contributed by atoms with Gasteiger partial charge in [0.05, 0.1) is 6.54 Å². The van der Waals surface area contributed by atoms with Crippen molar-refractivity contribution < 1.29 is 8.78 Å². The molecule has 1 N–H and O–H groups in total. The Morgan fingerprint density at radius 1 is 1.43 bits per heavy atom. The third-order valence-electron chi connectivity index (χ3n) is 2.66. The Hall–Kier alpha value is -0.220. The topological polar surface area (TPSA) is 15.3 Å². The molecule has 84 valence electrons. The molecule has 0 amide bonds. The van der Waals surface area contributed by atoms with Crippen LogP contribution in [-0.2, 0) is 0 Å². The van der Waals surface area contributed by atoms with E-state index in [9.17, 15) is 8.78 Å². The third kappa shape index (κ3) is 4.33. The van der Waals surface area contributed by atoms with Crippen LogP contribution in [0.5, 0.6) is 0 Å². The molecule has 14 heavy (non-hydrogen) atoms. The molecular formula is C10H20F2N2. The monoisotopic (exact) mass is 206 g/mol. The molecular weight excluding hydrogens is 186 g/mol. The van der Waals surface area contributed by atoms with E-state index in [1.165, 1.54) is 0 Å². The Morgan fingerprint density at radius 3 is 2.79 bits per heavy atom. The highest BCUT2D eigenvalue weighted by molar-refractivity contribution is 4.73. The molecule has 2 atom stereocenters. The molecule has 0 aromatic rings. The van der Waals surface area contributed by atoms with Crippen LogP contribution in [0.25, 0.3) is 0 Å². The molecule has 1 heterocycles. The Morgan fingerprint density at radius 2 is 2.14 bits per heavy atom. The van der Waals surface area contributed by atoms with Crippen LogP contribution < -0.4 is 5.32 Å². The summed E-state index contributed by atoms with van der Waals surface area (Å²) in [6, 6.07) is 0.443. The average Bonchev–Trinajstić information content (AvgIpc) is 2.08. The number of nitrogens with zero attached hydrogens (tertiary/aromatic N) is 1. The molecule has 0 saturated carbocycles. The van der Waals surface area contributed by atoms with Gasteiger partial charge in [0.2, 0.25) is 0 Å². The number of alkyl halides is 2. The van der Waals surface area contributed by atoms with Crippen LogP contribution in [-0.4, -0.2) is 43.5 Å². The van der Waals surface area contributed by atoms with Crippen molar-refractivity contribution in [2.75, 3.05) is 26.2 Å². The molecule has 0 aromatic carbocycles. The summed E-state index contributed by atoms with van der Waals surface area (Å²) in [7, 11) is 0. The van der Waals surface area contributed by atoms with E-state index in [-0.39, 0.29) is 6.54 Å². The lowest BCUT2D eigenvalue weighted by molar-refractivity contribution is 0.0748. The number of rotatable bonds is 2. The summed E-state index contributed by atoms with van der Waals surface area (Å²) in [5.41, 5.74) is 0. The Balaban J connectivity index is 2.40. The summed E-state index contributed by atoms with van der Waals surface area (Å²) in [6.45, 7) is 6.63. The molecule has 0 aromatic heterocycles. The van der Waals surface area contributed by atoms with Crippen molar-refractivity contribution in [3.05, 3.63) is 0 Å². The van der Waals surface area contributed by atoms with Gasteiger partial charge in [0.25, 0.3) is 6.43 Å². The molecule has 0 spiro atoms. The molecule has 0 bridgehead atoms. The highest BCUT2D eigenvalue weighted by atomic mass is 19.3. The van der Waals surface area contributed by atoms with E-state index >= 15 is 0 Å². The lowest BCUT2D eigenvalue weighted by Gasteiger charge is -2.30. The molecule has 0 radical (unpaired) electrons. The predicted molar refractivity (Wildman–Crippen MR) is 53.7 cm³/mol. The average molecular weight is 206 g/mol. The minimum atomic E-state index is -2.20. The van der Waals surface area contributed by atoms with Crippen molar-refractivity contribution in [1.82, 2.24) is 10.2 Å². The van der Waals surface area contributed by atoms with Crippen LogP contribution in [0.3, 0.4) is 0 Å². The van der Waals surface area contributed by atoms with Gasteiger partial charge < -0.3 is 5.32 Å². The SMILES string of the molecule is CC1CNC(C)CCN(CC(F)F)C1. The molecule has 0 aliphatic carbocycles. The maximum Gasteiger partial charge on any atom is 0.251 e. The van der Waals surface area contributed by atoms with E-state index < -0.39 is 6.43 Å².